The Morgan fingerprint density at radius 2 is 2.04 bits per heavy atom. The van der Waals surface area contributed by atoms with Crippen LogP contribution in [0.3, 0.4) is 0 Å². The molecule has 4 nitrogen and oxygen atoms in total. The van der Waals surface area contributed by atoms with Crippen molar-refractivity contribution in [3.63, 3.8) is 0 Å². The number of rotatable bonds is 4. The fourth-order valence-electron chi connectivity index (χ4n) is 3.16. The standard InChI is InChI=1S/C20H22N2O2S/c1-3-19(23)22-9-6-15(7-10-22)20(24)21-17-5-4-14(2)18(12-17)16-8-11-25-13-16/h3-5,8,11-13,15H,1,6-7,9-10H2,2H3,(H,21,24). The van der Waals surface area contributed by atoms with Crippen molar-refractivity contribution in [2.24, 2.45) is 5.92 Å². The fourth-order valence-corrected chi connectivity index (χ4v) is 3.82. The number of nitrogens with zero attached hydrogens (tertiary/aromatic N) is 1. The number of benzene rings is 1. The lowest BCUT2D eigenvalue weighted by atomic mass is 9.95. The summed E-state index contributed by atoms with van der Waals surface area (Å²) >= 11 is 1.66. The molecule has 1 aliphatic rings. The SMILES string of the molecule is C=CC(=O)N1CCC(C(=O)Nc2ccc(C)c(-c3ccsc3)c2)CC1. The van der Waals surface area contributed by atoms with Gasteiger partial charge in [-0.15, -0.1) is 0 Å². The molecular formula is C20H22N2O2S. The molecule has 25 heavy (non-hydrogen) atoms. The summed E-state index contributed by atoms with van der Waals surface area (Å²) in [6.07, 6.45) is 2.71. The molecule has 2 heterocycles. The minimum Gasteiger partial charge on any atom is -0.339 e. The molecule has 130 valence electrons. The van der Waals surface area contributed by atoms with Gasteiger partial charge in [0.05, 0.1) is 0 Å². The minimum atomic E-state index is -0.0576. The molecule has 0 bridgehead atoms. The molecule has 0 unspecified atom stereocenters. The van der Waals surface area contributed by atoms with E-state index in [0.717, 1.165) is 11.3 Å². The van der Waals surface area contributed by atoms with Crippen molar-refractivity contribution >= 4 is 28.8 Å². The Bertz CT molecular complexity index is 775. The summed E-state index contributed by atoms with van der Waals surface area (Å²) in [4.78, 5) is 25.9. The summed E-state index contributed by atoms with van der Waals surface area (Å²) in [5.74, 6) is -0.0802. The first kappa shape index (κ1) is 17.4. The lowest BCUT2D eigenvalue weighted by Gasteiger charge is -2.30. The Morgan fingerprint density at radius 3 is 2.68 bits per heavy atom. The molecule has 1 fully saturated rings. The lowest BCUT2D eigenvalue weighted by molar-refractivity contribution is -0.130. The van der Waals surface area contributed by atoms with Gasteiger partial charge in [-0.1, -0.05) is 12.6 Å². The van der Waals surface area contributed by atoms with Crippen molar-refractivity contribution in [2.45, 2.75) is 19.8 Å². The average molecular weight is 354 g/mol. The second kappa shape index (κ2) is 7.66. The van der Waals surface area contributed by atoms with Gasteiger partial charge in [-0.25, -0.2) is 0 Å². The highest BCUT2D eigenvalue weighted by Gasteiger charge is 2.26. The van der Waals surface area contributed by atoms with Gasteiger partial charge in [-0.05, 0) is 71.5 Å². The van der Waals surface area contributed by atoms with Crippen molar-refractivity contribution in [3.8, 4) is 11.1 Å². The number of amides is 2. The topological polar surface area (TPSA) is 49.4 Å². The highest BCUT2D eigenvalue weighted by Crippen LogP contribution is 2.29. The van der Waals surface area contributed by atoms with Crippen LogP contribution >= 0.6 is 11.3 Å². The quantitative estimate of drug-likeness (QED) is 0.841. The fraction of sp³-hybridized carbons (Fsp3) is 0.300. The van der Waals surface area contributed by atoms with Crippen LogP contribution in [0.15, 0.2) is 47.7 Å². The Balaban J connectivity index is 1.65. The van der Waals surface area contributed by atoms with Crippen LogP contribution in [0.2, 0.25) is 0 Å². The first-order chi connectivity index (χ1) is 12.1. The first-order valence-corrected chi connectivity index (χ1v) is 9.38. The van der Waals surface area contributed by atoms with Crippen molar-refractivity contribution in [1.82, 2.24) is 4.90 Å². The number of carbonyl (C=O) groups is 2. The summed E-state index contributed by atoms with van der Waals surface area (Å²) in [5, 5.41) is 7.21. The predicted octanol–water partition coefficient (Wildman–Crippen LogP) is 4.09. The van der Waals surface area contributed by atoms with Gasteiger partial charge in [-0.2, -0.15) is 11.3 Å². The van der Waals surface area contributed by atoms with Crippen molar-refractivity contribution in [2.75, 3.05) is 18.4 Å². The normalized spacial score (nSPS) is 15.0. The van der Waals surface area contributed by atoms with Gasteiger partial charge in [0.2, 0.25) is 11.8 Å². The first-order valence-electron chi connectivity index (χ1n) is 8.44. The van der Waals surface area contributed by atoms with Crippen LogP contribution < -0.4 is 5.32 Å². The van der Waals surface area contributed by atoms with Crippen LogP contribution in [-0.4, -0.2) is 29.8 Å². The molecule has 1 aromatic heterocycles. The van der Waals surface area contributed by atoms with E-state index in [0.29, 0.717) is 25.9 Å². The Hall–Kier alpha value is -2.40. The van der Waals surface area contributed by atoms with E-state index in [1.807, 2.05) is 18.2 Å². The number of likely N-dealkylation sites (tertiary alicyclic amines) is 1. The highest BCUT2D eigenvalue weighted by molar-refractivity contribution is 7.08. The lowest BCUT2D eigenvalue weighted by Crippen LogP contribution is -2.40. The van der Waals surface area contributed by atoms with Crippen LogP contribution in [0.1, 0.15) is 18.4 Å². The zero-order chi connectivity index (χ0) is 17.8. The minimum absolute atomic E-state index is 0.0332. The smallest absolute Gasteiger partial charge is 0.245 e. The van der Waals surface area contributed by atoms with Gasteiger partial charge < -0.3 is 10.2 Å². The maximum absolute atomic E-state index is 12.6. The molecule has 1 aliphatic heterocycles. The van der Waals surface area contributed by atoms with Crippen molar-refractivity contribution in [1.29, 1.82) is 0 Å². The summed E-state index contributed by atoms with van der Waals surface area (Å²) < 4.78 is 0. The van der Waals surface area contributed by atoms with Crippen LogP contribution in [0.25, 0.3) is 11.1 Å². The van der Waals surface area contributed by atoms with E-state index >= 15 is 0 Å². The predicted molar refractivity (Wildman–Crippen MR) is 103 cm³/mol. The molecule has 0 spiro atoms. The molecule has 0 atom stereocenters. The van der Waals surface area contributed by atoms with Gasteiger partial charge >= 0.3 is 0 Å². The summed E-state index contributed by atoms with van der Waals surface area (Å²) in [6, 6.07) is 8.10. The maximum atomic E-state index is 12.6. The number of hydrogen-bond donors (Lipinski definition) is 1. The average Bonchev–Trinajstić information content (AvgIpc) is 3.17. The third-order valence-electron chi connectivity index (χ3n) is 4.69. The second-order valence-electron chi connectivity index (χ2n) is 6.33. The van der Waals surface area contributed by atoms with Gasteiger partial charge in [0.15, 0.2) is 0 Å². The molecule has 1 N–H and O–H groups in total. The number of thiophene rings is 1. The van der Waals surface area contributed by atoms with E-state index in [9.17, 15) is 9.59 Å². The number of piperidine rings is 1. The summed E-state index contributed by atoms with van der Waals surface area (Å²) in [6.45, 7) is 6.80. The van der Waals surface area contributed by atoms with Crippen molar-refractivity contribution in [3.05, 3.63) is 53.2 Å². The van der Waals surface area contributed by atoms with E-state index in [-0.39, 0.29) is 17.7 Å². The molecule has 5 heteroatoms. The third-order valence-corrected chi connectivity index (χ3v) is 5.37. The zero-order valence-electron chi connectivity index (χ0n) is 14.3. The van der Waals surface area contributed by atoms with Crippen molar-refractivity contribution < 1.29 is 9.59 Å². The molecule has 3 rings (SSSR count). The Morgan fingerprint density at radius 1 is 1.28 bits per heavy atom. The third kappa shape index (κ3) is 3.99. The number of carbonyl (C=O) groups excluding carboxylic acids is 2. The largest absolute Gasteiger partial charge is 0.339 e. The second-order valence-corrected chi connectivity index (χ2v) is 7.11. The number of anilines is 1. The van der Waals surface area contributed by atoms with Gasteiger partial charge in [0, 0.05) is 24.7 Å². The molecule has 1 saturated heterocycles. The molecule has 2 aromatic rings. The van der Waals surface area contributed by atoms with Crippen LogP contribution in [0, 0.1) is 12.8 Å². The maximum Gasteiger partial charge on any atom is 0.245 e. The highest BCUT2D eigenvalue weighted by atomic mass is 32.1. The number of hydrogen-bond acceptors (Lipinski definition) is 3. The summed E-state index contributed by atoms with van der Waals surface area (Å²) in [7, 11) is 0. The van der Waals surface area contributed by atoms with Crippen LogP contribution in [-0.2, 0) is 9.59 Å². The monoisotopic (exact) mass is 354 g/mol. The molecular weight excluding hydrogens is 332 g/mol. The Labute approximate surface area is 152 Å². The molecule has 2 amide bonds. The number of nitrogens with one attached hydrogen (secondary N) is 1. The number of aryl methyl sites for hydroxylation is 1. The van der Waals surface area contributed by atoms with Gasteiger partial charge in [-0.3, -0.25) is 9.59 Å². The van der Waals surface area contributed by atoms with E-state index in [1.165, 1.54) is 17.2 Å². The Kier molecular flexibility index (Phi) is 5.34. The van der Waals surface area contributed by atoms with E-state index in [1.54, 1.807) is 16.2 Å². The van der Waals surface area contributed by atoms with E-state index in [2.05, 4.69) is 35.6 Å². The molecule has 1 aromatic carbocycles. The molecule has 0 aliphatic carbocycles. The van der Waals surface area contributed by atoms with Gasteiger partial charge in [0.25, 0.3) is 0 Å². The molecule has 0 radical (unpaired) electrons. The van der Waals surface area contributed by atoms with E-state index < -0.39 is 0 Å². The molecule has 0 saturated carbocycles. The zero-order valence-corrected chi connectivity index (χ0v) is 15.1. The van der Waals surface area contributed by atoms with Crippen LogP contribution in [0.5, 0.6) is 0 Å². The van der Waals surface area contributed by atoms with E-state index in [4.69, 9.17) is 0 Å². The van der Waals surface area contributed by atoms with Crippen LogP contribution in [0.4, 0.5) is 5.69 Å². The van der Waals surface area contributed by atoms with Gasteiger partial charge in [0.1, 0.15) is 0 Å². The summed E-state index contributed by atoms with van der Waals surface area (Å²) in [5.41, 5.74) is 4.33.